The van der Waals surface area contributed by atoms with Crippen LogP contribution in [-0.4, -0.2) is 62.8 Å². The molecule has 7 heteroatoms. The number of benzene rings is 1. The van der Waals surface area contributed by atoms with Gasteiger partial charge in [-0.1, -0.05) is 13.3 Å². The molecule has 2 aliphatic rings. The Kier molecular flexibility index (Phi) is 5.43. The van der Waals surface area contributed by atoms with Crippen LogP contribution in [0.1, 0.15) is 19.8 Å². The largest absolute Gasteiger partial charge is 0.497 e. The number of rotatable bonds is 6. The minimum Gasteiger partial charge on any atom is -0.497 e. The lowest BCUT2D eigenvalue weighted by atomic mass is 10.2. The van der Waals surface area contributed by atoms with Crippen LogP contribution in [0.4, 0.5) is 10.5 Å². The molecule has 1 aromatic carbocycles. The van der Waals surface area contributed by atoms with Gasteiger partial charge in [-0.05, 0) is 30.7 Å². The van der Waals surface area contributed by atoms with Crippen molar-refractivity contribution < 1.29 is 19.2 Å². The van der Waals surface area contributed by atoms with Gasteiger partial charge in [0, 0.05) is 5.69 Å². The number of urea groups is 1. The van der Waals surface area contributed by atoms with Crippen molar-refractivity contribution in [2.24, 2.45) is 0 Å². The monoisotopic (exact) mass is 347 g/mol. The summed E-state index contributed by atoms with van der Waals surface area (Å²) in [6.07, 6.45) is 1.60. The van der Waals surface area contributed by atoms with Crippen molar-refractivity contribution in [3.05, 3.63) is 24.3 Å². The van der Waals surface area contributed by atoms with Gasteiger partial charge in [0.1, 0.15) is 11.8 Å². The van der Waals surface area contributed by atoms with Crippen LogP contribution >= 0.6 is 0 Å². The van der Waals surface area contributed by atoms with Gasteiger partial charge >= 0.3 is 6.03 Å². The molecule has 2 N–H and O–H groups in total. The van der Waals surface area contributed by atoms with Crippen molar-refractivity contribution in [2.45, 2.75) is 25.8 Å². The molecule has 0 spiro atoms. The SMILES string of the molecule is CCC[C@H]1NC(=O)N(C[NH+]2CCN(c3ccc(OC)cc3)CC2)C1=O. The minimum atomic E-state index is -0.336. The highest BCUT2D eigenvalue weighted by Crippen LogP contribution is 2.19. The van der Waals surface area contributed by atoms with Gasteiger partial charge in [-0.15, -0.1) is 0 Å². The number of piperazine rings is 1. The Hall–Kier alpha value is -2.28. The number of nitrogens with zero attached hydrogens (tertiary/aromatic N) is 2. The second-order valence-corrected chi connectivity index (χ2v) is 6.65. The Bertz CT molecular complexity index is 611. The van der Waals surface area contributed by atoms with Crippen molar-refractivity contribution in [3.8, 4) is 5.75 Å². The number of carbonyl (C=O) groups is 2. The van der Waals surface area contributed by atoms with Gasteiger partial charge < -0.3 is 19.9 Å². The molecule has 25 heavy (non-hydrogen) atoms. The highest BCUT2D eigenvalue weighted by molar-refractivity contribution is 6.03. The number of ether oxygens (including phenoxy) is 1. The Balaban J connectivity index is 1.52. The topological polar surface area (TPSA) is 66.3 Å². The number of methoxy groups -OCH3 is 1. The molecule has 2 heterocycles. The molecule has 0 radical (unpaired) electrons. The first-order valence-corrected chi connectivity index (χ1v) is 8.96. The number of quaternary nitrogens is 1. The van der Waals surface area contributed by atoms with Gasteiger partial charge in [0.15, 0.2) is 6.67 Å². The van der Waals surface area contributed by atoms with Crippen LogP contribution in [0.5, 0.6) is 5.75 Å². The van der Waals surface area contributed by atoms with E-state index in [0.717, 1.165) is 38.3 Å². The molecule has 0 aliphatic carbocycles. The fourth-order valence-corrected chi connectivity index (χ4v) is 3.47. The Labute approximate surface area is 148 Å². The number of amides is 3. The highest BCUT2D eigenvalue weighted by atomic mass is 16.5. The molecule has 2 aliphatic heterocycles. The van der Waals surface area contributed by atoms with Crippen molar-refractivity contribution in [2.75, 3.05) is 44.9 Å². The van der Waals surface area contributed by atoms with Crippen LogP contribution in [0.3, 0.4) is 0 Å². The summed E-state index contributed by atoms with van der Waals surface area (Å²) in [5, 5.41) is 2.79. The molecule has 7 nitrogen and oxygen atoms in total. The van der Waals surface area contributed by atoms with Crippen molar-refractivity contribution >= 4 is 17.6 Å². The highest BCUT2D eigenvalue weighted by Gasteiger charge is 2.39. The number of nitrogens with one attached hydrogen (secondary N) is 2. The molecular formula is C18H27N4O3+. The van der Waals surface area contributed by atoms with E-state index in [1.165, 1.54) is 15.5 Å². The predicted octanol–water partition coefficient (Wildman–Crippen LogP) is 0.0781. The second-order valence-electron chi connectivity index (χ2n) is 6.65. The van der Waals surface area contributed by atoms with E-state index >= 15 is 0 Å². The number of hydrogen-bond acceptors (Lipinski definition) is 4. The number of carbonyl (C=O) groups excluding carboxylic acids is 2. The maximum atomic E-state index is 12.3. The van der Waals surface area contributed by atoms with Gasteiger partial charge in [-0.3, -0.25) is 4.79 Å². The molecule has 0 aromatic heterocycles. The quantitative estimate of drug-likeness (QED) is 0.715. The molecule has 0 bridgehead atoms. The average molecular weight is 347 g/mol. The van der Waals surface area contributed by atoms with Gasteiger partial charge in [-0.2, -0.15) is 0 Å². The first-order valence-electron chi connectivity index (χ1n) is 8.96. The summed E-state index contributed by atoms with van der Waals surface area (Å²) in [6, 6.07) is 7.49. The molecule has 0 saturated carbocycles. The lowest BCUT2D eigenvalue weighted by molar-refractivity contribution is -0.907. The van der Waals surface area contributed by atoms with Crippen LogP contribution in [-0.2, 0) is 4.79 Å². The van der Waals surface area contributed by atoms with Gasteiger partial charge in [0.05, 0.1) is 33.3 Å². The van der Waals surface area contributed by atoms with Crippen LogP contribution in [0, 0.1) is 0 Å². The van der Waals surface area contributed by atoms with Crippen LogP contribution < -0.4 is 19.9 Å². The van der Waals surface area contributed by atoms with E-state index in [4.69, 9.17) is 4.74 Å². The Morgan fingerprint density at radius 2 is 1.88 bits per heavy atom. The lowest BCUT2D eigenvalue weighted by Crippen LogP contribution is -3.16. The number of anilines is 1. The van der Waals surface area contributed by atoms with Gasteiger partial charge in [-0.25, -0.2) is 9.69 Å². The molecule has 3 amide bonds. The third-order valence-corrected chi connectivity index (χ3v) is 4.97. The lowest BCUT2D eigenvalue weighted by Gasteiger charge is -2.34. The maximum Gasteiger partial charge on any atom is 0.329 e. The fourth-order valence-electron chi connectivity index (χ4n) is 3.47. The van der Waals surface area contributed by atoms with Crippen molar-refractivity contribution in [3.63, 3.8) is 0 Å². The third kappa shape index (κ3) is 3.87. The van der Waals surface area contributed by atoms with E-state index in [9.17, 15) is 9.59 Å². The van der Waals surface area contributed by atoms with Crippen molar-refractivity contribution in [1.29, 1.82) is 0 Å². The number of hydrogen-bond donors (Lipinski definition) is 2. The first kappa shape index (κ1) is 17.5. The molecule has 3 rings (SSSR count). The molecule has 1 aromatic rings. The molecule has 0 unspecified atom stereocenters. The van der Waals surface area contributed by atoms with Crippen molar-refractivity contribution in [1.82, 2.24) is 10.2 Å². The average Bonchev–Trinajstić information content (AvgIpc) is 2.90. The summed E-state index contributed by atoms with van der Waals surface area (Å²) in [5.74, 6) is 0.783. The minimum absolute atomic E-state index is 0.0723. The summed E-state index contributed by atoms with van der Waals surface area (Å²) in [5.41, 5.74) is 1.18. The summed E-state index contributed by atoms with van der Waals surface area (Å²) >= 11 is 0. The summed E-state index contributed by atoms with van der Waals surface area (Å²) in [4.78, 5) is 29.4. The molecule has 2 saturated heterocycles. The van der Waals surface area contributed by atoms with E-state index in [1.807, 2.05) is 19.1 Å². The van der Waals surface area contributed by atoms with E-state index in [1.54, 1.807) is 7.11 Å². The van der Waals surface area contributed by atoms with Crippen LogP contribution in [0.25, 0.3) is 0 Å². The standard InChI is InChI=1S/C18H26N4O3/c1-3-4-16-17(23)22(18(24)19-16)13-20-9-11-21(12-10-20)14-5-7-15(25-2)8-6-14/h5-8,16H,3-4,9-13H2,1-2H3,(H,19,24)/p+1/t16-/m1/s1. The zero-order valence-electron chi connectivity index (χ0n) is 15.0. The Morgan fingerprint density at radius 1 is 1.20 bits per heavy atom. The first-order chi connectivity index (χ1) is 12.1. The van der Waals surface area contributed by atoms with E-state index in [0.29, 0.717) is 13.1 Å². The van der Waals surface area contributed by atoms with Crippen LogP contribution in [0.2, 0.25) is 0 Å². The smallest absolute Gasteiger partial charge is 0.329 e. The van der Waals surface area contributed by atoms with E-state index < -0.39 is 0 Å². The zero-order valence-corrected chi connectivity index (χ0v) is 15.0. The normalized spacial score (nSPS) is 21.6. The predicted molar refractivity (Wildman–Crippen MR) is 94.8 cm³/mol. The van der Waals surface area contributed by atoms with Crippen LogP contribution in [0.15, 0.2) is 24.3 Å². The maximum absolute atomic E-state index is 12.3. The fraction of sp³-hybridized carbons (Fsp3) is 0.556. The summed E-state index contributed by atoms with van der Waals surface area (Å²) in [6.45, 7) is 6.10. The second kappa shape index (κ2) is 7.74. The Morgan fingerprint density at radius 3 is 2.48 bits per heavy atom. The molecule has 1 atom stereocenters. The van der Waals surface area contributed by atoms with E-state index in [2.05, 4.69) is 22.3 Å². The molecule has 2 fully saturated rings. The summed E-state index contributed by atoms with van der Waals surface area (Å²) < 4.78 is 5.20. The van der Waals surface area contributed by atoms with Gasteiger partial charge in [0.25, 0.3) is 5.91 Å². The number of imide groups is 1. The molecular weight excluding hydrogens is 320 g/mol. The van der Waals surface area contributed by atoms with Gasteiger partial charge in [0.2, 0.25) is 0 Å². The third-order valence-electron chi connectivity index (χ3n) is 4.97. The zero-order chi connectivity index (χ0) is 17.8. The van der Waals surface area contributed by atoms with E-state index in [-0.39, 0.29) is 18.0 Å². The molecule has 136 valence electrons. The summed E-state index contributed by atoms with van der Waals surface area (Å²) in [7, 11) is 1.66.